The molecule has 0 aromatic heterocycles. The Bertz CT molecular complexity index is 578. The fourth-order valence-corrected chi connectivity index (χ4v) is 2.30. The van der Waals surface area contributed by atoms with E-state index in [4.69, 9.17) is 14.2 Å². The van der Waals surface area contributed by atoms with Crippen molar-refractivity contribution in [3.63, 3.8) is 0 Å². The number of aryl methyl sites for hydroxylation is 1. The van der Waals surface area contributed by atoms with Crippen LogP contribution in [-0.2, 0) is 17.8 Å². The highest BCUT2D eigenvalue weighted by Gasteiger charge is 2.15. The molecule has 0 N–H and O–H groups in total. The SMILES string of the molecule is Cc1cc2c(cc1CCOCc1ccccc1)OCO2. The lowest BCUT2D eigenvalue weighted by Crippen LogP contribution is -2.00. The Kier molecular flexibility index (Phi) is 3.88. The van der Waals surface area contributed by atoms with Crippen molar-refractivity contribution in [3.8, 4) is 11.5 Å². The number of hydrogen-bond acceptors (Lipinski definition) is 3. The average molecular weight is 270 g/mol. The van der Waals surface area contributed by atoms with Gasteiger partial charge in [0.1, 0.15) is 0 Å². The van der Waals surface area contributed by atoms with Gasteiger partial charge in [0, 0.05) is 0 Å². The highest BCUT2D eigenvalue weighted by molar-refractivity contribution is 5.48. The summed E-state index contributed by atoms with van der Waals surface area (Å²) < 4.78 is 16.5. The molecule has 0 atom stereocenters. The van der Waals surface area contributed by atoms with Crippen molar-refractivity contribution in [2.45, 2.75) is 20.0 Å². The Morgan fingerprint density at radius 3 is 2.60 bits per heavy atom. The van der Waals surface area contributed by atoms with Crippen LogP contribution in [0.2, 0.25) is 0 Å². The number of fused-ring (bicyclic) bond motifs is 1. The van der Waals surface area contributed by atoms with E-state index in [-0.39, 0.29) is 0 Å². The zero-order valence-electron chi connectivity index (χ0n) is 11.6. The van der Waals surface area contributed by atoms with Crippen LogP contribution in [0, 0.1) is 6.92 Å². The number of hydrogen-bond donors (Lipinski definition) is 0. The Labute approximate surface area is 119 Å². The minimum Gasteiger partial charge on any atom is -0.454 e. The maximum atomic E-state index is 5.73. The van der Waals surface area contributed by atoms with E-state index in [0.717, 1.165) is 17.9 Å². The molecule has 3 nitrogen and oxygen atoms in total. The van der Waals surface area contributed by atoms with Crippen molar-refractivity contribution in [2.75, 3.05) is 13.4 Å². The normalized spacial score (nSPS) is 12.7. The van der Waals surface area contributed by atoms with Gasteiger partial charge in [0.25, 0.3) is 0 Å². The minimum absolute atomic E-state index is 0.322. The summed E-state index contributed by atoms with van der Waals surface area (Å²) in [6.45, 7) is 3.77. The second-order valence-electron chi connectivity index (χ2n) is 4.92. The molecule has 3 rings (SSSR count). The summed E-state index contributed by atoms with van der Waals surface area (Å²) in [5, 5.41) is 0. The molecular weight excluding hydrogens is 252 g/mol. The first-order chi connectivity index (χ1) is 9.83. The fourth-order valence-electron chi connectivity index (χ4n) is 2.30. The standard InChI is InChI=1S/C17H18O3/c1-13-9-16-17(20-12-19-16)10-15(13)7-8-18-11-14-5-3-2-4-6-14/h2-6,9-10H,7-8,11-12H2,1H3. The third-order valence-electron chi connectivity index (χ3n) is 3.46. The first kappa shape index (κ1) is 13.0. The highest BCUT2D eigenvalue weighted by Crippen LogP contribution is 2.34. The van der Waals surface area contributed by atoms with E-state index in [1.54, 1.807) is 0 Å². The molecule has 0 aliphatic carbocycles. The van der Waals surface area contributed by atoms with Crippen LogP contribution in [-0.4, -0.2) is 13.4 Å². The second kappa shape index (κ2) is 5.97. The first-order valence-electron chi connectivity index (χ1n) is 6.84. The van der Waals surface area contributed by atoms with Crippen molar-refractivity contribution in [1.29, 1.82) is 0 Å². The van der Waals surface area contributed by atoms with Gasteiger partial charge in [-0.1, -0.05) is 30.3 Å². The number of rotatable bonds is 5. The molecule has 0 fully saturated rings. The summed E-state index contributed by atoms with van der Waals surface area (Å²) in [7, 11) is 0. The van der Waals surface area contributed by atoms with Gasteiger partial charge in [0.05, 0.1) is 13.2 Å². The molecule has 0 radical (unpaired) electrons. The Balaban J connectivity index is 1.54. The van der Waals surface area contributed by atoms with Crippen LogP contribution in [0.1, 0.15) is 16.7 Å². The third-order valence-corrected chi connectivity index (χ3v) is 3.46. The van der Waals surface area contributed by atoms with Crippen LogP contribution in [0.3, 0.4) is 0 Å². The van der Waals surface area contributed by atoms with Gasteiger partial charge in [0.2, 0.25) is 6.79 Å². The monoisotopic (exact) mass is 270 g/mol. The van der Waals surface area contributed by atoms with Gasteiger partial charge >= 0.3 is 0 Å². The predicted octanol–water partition coefficient (Wildman–Crippen LogP) is 3.48. The maximum absolute atomic E-state index is 5.73. The molecule has 20 heavy (non-hydrogen) atoms. The van der Waals surface area contributed by atoms with Crippen molar-refractivity contribution in [1.82, 2.24) is 0 Å². The van der Waals surface area contributed by atoms with E-state index >= 15 is 0 Å². The van der Waals surface area contributed by atoms with E-state index < -0.39 is 0 Å². The van der Waals surface area contributed by atoms with E-state index in [1.165, 1.54) is 16.7 Å². The van der Waals surface area contributed by atoms with Gasteiger partial charge in [-0.25, -0.2) is 0 Å². The second-order valence-corrected chi connectivity index (χ2v) is 4.92. The molecule has 0 spiro atoms. The quantitative estimate of drug-likeness (QED) is 0.778. The average Bonchev–Trinajstić information content (AvgIpc) is 2.91. The highest BCUT2D eigenvalue weighted by atomic mass is 16.7. The Morgan fingerprint density at radius 1 is 1.05 bits per heavy atom. The molecule has 104 valence electrons. The molecule has 0 saturated heterocycles. The van der Waals surface area contributed by atoms with Crippen LogP contribution < -0.4 is 9.47 Å². The molecule has 0 amide bonds. The number of benzene rings is 2. The van der Waals surface area contributed by atoms with Gasteiger partial charge in [-0.2, -0.15) is 0 Å². The number of ether oxygens (including phenoxy) is 3. The van der Waals surface area contributed by atoms with Crippen LogP contribution in [0.15, 0.2) is 42.5 Å². The summed E-state index contributed by atoms with van der Waals surface area (Å²) in [4.78, 5) is 0. The molecule has 0 unspecified atom stereocenters. The largest absolute Gasteiger partial charge is 0.454 e. The smallest absolute Gasteiger partial charge is 0.231 e. The summed E-state index contributed by atoms with van der Waals surface area (Å²) in [5.74, 6) is 1.69. The molecule has 1 aliphatic rings. The van der Waals surface area contributed by atoms with Crippen molar-refractivity contribution in [3.05, 3.63) is 59.2 Å². The van der Waals surface area contributed by atoms with Gasteiger partial charge in [-0.05, 0) is 42.2 Å². The summed E-state index contributed by atoms with van der Waals surface area (Å²) in [6, 6.07) is 14.3. The van der Waals surface area contributed by atoms with E-state index in [1.807, 2.05) is 24.3 Å². The molecule has 3 heteroatoms. The molecule has 2 aromatic rings. The fraction of sp³-hybridized carbons (Fsp3) is 0.294. The molecule has 1 aliphatic heterocycles. The van der Waals surface area contributed by atoms with Crippen LogP contribution in [0.25, 0.3) is 0 Å². The van der Waals surface area contributed by atoms with Crippen LogP contribution in [0.5, 0.6) is 11.5 Å². The van der Waals surface area contributed by atoms with Gasteiger partial charge < -0.3 is 14.2 Å². The Hall–Kier alpha value is -2.00. The maximum Gasteiger partial charge on any atom is 0.231 e. The van der Waals surface area contributed by atoms with Crippen LogP contribution in [0.4, 0.5) is 0 Å². The lowest BCUT2D eigenvalue weighted by atomic mass is 10.1. The predicted molar refractivity (Wildman–Crippen MR) is 77.1 cm³/mol. The lowest BCUT2D eigenvalue weighted by Gasteiger charge is -2.08. The van der Waals surface area contributed by atoms with Crippen molar-refractivity contribution < 1.29 is 14.2 Å². The zero-order valence-corrected chi connectivity index (χ0v) is 11.6. The van der Waals surface area contributed by atoms with E-state index in [0.29, 0.717) is 20.0 Å². The molecule has 0 bridgehead atoms. The summed E-state index contributed by atoms with van der Waals surface area (Å²) in [6.07, 6.45) is 0.884. The zero-order chi connectivity index (χ0) is 13.8. The Morgan fingerprint density at radius 2 is 1.80 bits per heavy atom. The third kappa shape index (κ3) is 2.94. The van der Waals surface area contributed by atoms with Gasteiger partial charge in [0.15, 0.2) is 11.5 Å². The molecular formula is C17H18O3. The topological polar surface area (TPSA) is 27.7 Å². The minimum atomic E-state index is 0.322. The molecule has 0 saturated carbocycles. The van der Waals surface area contributed by atoms with Gasteiger partial charge in [-0.15, -0.1) is 0 Å². The van der Waals surface area contributed by atoms with E-state index in [2.05, 4.69) is 25.1 Å². The van der Waals surface area contributed by atoms with Crippen molar-refractivity contribution >= 4 is 0 Å². The van der Waals surface area contributed by atoms with E-state index in [9.17, 15) is 0 Å². The summed E-state index contributed by atoms with van der Waals surface area (Å²) in [5.41, 5.74) is 3.68. The van der Waals surface area contributed by atoms with Crippen molar-refractivity contribution in [2.24, 2.45) is 0 Å². The molecule has 1 heterocycles. The molecule has 2 aromatic carbocycles. The van der Waals surface area contributed by atoms with Gasteiger partial charge in [-0.3, -0.25) is 0 Å². The first-order valence-corrected chi connectivity index (χ1v) is 6.84. The summed E-state index contributed by atoms with van der Waals surface area (Å²) >= 11 is 0. The van der Waals surface area contributed by atoms with Crippen LogP contribution >= 0.6 is 0 Å². The lowest BCUT2D eigenvalue weighted by molar-refractivity contribution is 0.123.